The number of hydrogen-bond donors (Lipinski definition) is 2. The molecule has 1 aliphatic heterocycles. The minimum Gasteiger partial charge on any atom is -0.491 e. The summed E-state index contributed by atoms with van der Waals surface area (Å²) < 4.78 is 10.7. The molecule has 1 aliphatic rings. The van der Waals surface area contributed by atoms with Crippen molar-refractivity contribution < 1.29 is 14.6 Å². The first kappa shape index (κ1) is 14.3. The molecule has 2 N–H and O–H groups in total. The van der Waals surface area contributed by atoms with Crippen molar-refractivity contribution in [1.29, 1.82) is 0 Å². The third kappa shape index (κ3) is 3.93. The van der Waals surface area contributed by atoms with Gasteiger partial charge in [0.25, 0.3) is 0 Å². The highest BCUT2D eigenvalue weighted by molar-refractivity contribution is 5.35. The first-order chi connectivity index (χ1) is 9.33. The lowest BCUT2D eigenvalue weighted by Crippen LogP contribution is -2.33. The van der Waals surface area contributed by atoms with Crippen LogP contribution in [0.4, 0.5) is 0 Å². The highest BCUT2D eigenvalue weighted by atomic mass is 16.5. The number of nitrogens with one attached hydrogen (secondary N) is 1. The van der Waals surface area contributed by atoms with Crippen molar-refractivity contribution in [3.05, 3.63) is 29.8 Å². The van der Waals surface area contributed by atoms with E-state index in [0.29, 0.717) is 13.2 Å². The number of piperidine rings is 1. The fourth-order valence-corrected chi connectivity index (χ4v) is 2.49. The Balaban J connectivity index is 2.04. The predicted octanol–water partition coefficient (Wildman–Crippen LogP) is 1.74. The number of ether oxygens (including phenoxy) is 2. The predicted molar refractivity (Wildman–Crippen MR) is 74.4 cm³/mol. The van der Waals surface area contributed by atoms with Gasteiger partial charge in [-0.3, -0.25) is 0 Å². The zero-order valence-corrected chi connectivity index (χ0v) is 11.5. The molecular formula is C15H23NO3. The Bertz CT molecular complexity index is 377. The molecule has 0 bridgehead atoms. The molecule has 1 saturated heterocycles. The normalized spacial score (nSPS) is 21.1. The summed E-state index contributed by atoms with van der Waals surface area (Å²) >= 11 is 0. The van der Waals surface area contributed by atoms with Crippen molar-refractivity contribution in [2.24, 2.45) is 5.92 Å². The minimum atomic E-state index is -0.466. The summed E-state index contributed by atoms with van der Waals surface area (Å²) in [6.07, 6.45) is 1.71. The SMILES string of the molecule is COCCOc1ccccc1C(O)C1CCCNC1. The lowest BCUT2D eigenvalue weighted by atomic mass is 9.89. The number of aliphatic hydroxyl groups excluding tert-OH is 1. The number of rotatable bonds is 6. The molecule has 2 unspecified atom stereocenters. The molecule has 1 aromatic rings. The number of benzene rings is 1. The summed E-state index contributed by atoms with van der Waals surface area (Å²) in [4.78, 5) is 0. The van der Waals surface area contributed by atoms with Crippen LogP contribution in [0.3, 0.4) is 0 Å². The minimum absolute atomic E-state index is 0.265. The Kier molecular flexibility index (Phi) is 5.63. The van der Waals surface area contributed by atoms with Gasteiger partial charge in [-0.05, 0) is 25.5 Å². The molecule has 0 aromatic heterocycles. The lowest BCUT2D eigenvalue weighted by molar-refractivity contribution is 0.0866. The quantitative estimate of drug-likeness (QED) is 0.769. The Morgan fingerprint density at radius 3 is 2.95 bits per heavy atom. The molecule has 1 fully saturated rings. The Morgan fingerprint density at radius 2 is 2.21 bits per heavy atom. The van der Waals surface area contributed by atoms with Gasteiger partial charge >= 0.3 is 0 Å². The summed E-state index contributed by atoms with van der Waals surface area (Å²) in [7, 11) is 1.65. The van der Waals surface area contributed by atoms with Crippen LogP contribution in [-0.2, 0) is 4.74 Å². The molecule has 0 amide bonds. The van der Waals surface area contributed by atoms with Crippen LogP contribution < -0.4 is 10.1 Å². The van der Waals surface area contributed by atoms with Crippen LogP contribution in [-0.4, -0.2) is 38.5 Å². The van der Waals surface area contributed by atoms with E-state index in [0.717, 1.165) is 37.2 Å². The van der Waals surface area contributed by atoms with Gasteiger partial charge in [-0.25, -0.2) is 0 Å². The van der Waals surface area contributed by atoms with Crippen LogP contribution in [0.25, 0.3) is 0 Å². The second-order valence-electron chi connectivity index (χ2n) is 4.93. The number of para-hydroxylation sites is 1. The maximum atomic E-state index is 10.5. The topological polar surface area (TPSA) is 50.7 Å². The van der Waals surface area contributed by atoms with E-state index in [4.69, 9.17) is 9.47 Å². The van der Waals surface area contributed by atoms with Crippen molar-refractivity contribution in [2.75, 3.05) is 33.4 Å². The molecule has 106 valence electrons. The van der Waals surface area contributed by atoms with E-state index >= 15 is 0 Å². The van der Waals surface area contributed by atoms with E-state index in [9.17, 15) is 5.11 Å². The van der Waals surface area contributed by atoms with Gasteiger partial charge in [0.1, 0.15) is 12.4 Å². The maximum absolute atomic E-state index is 10.5. The average Bonchev–Trinajstić information content (AvgIpc) is 2.48. The first-order valence-electron chi connectivity index (χ1n) is 6.92. The largest absolute Gasteiger partial charge is 0.491 e. The van der Waals surface area contributed by atoms with Crippen molar-refractivity contribution in [3.8, 4) is 5.75 Å². The summed E-state index contributed by atoms with van der Waals surface area (Å²) in [5, 5.41) is 13.9. The molecule has 1 aromatic carbocycles. The molecule has 4 nitrogen and oxygen atoms in total. The van der Waals surface area contributed by atoms with E-state index < -0.39 is 6.10 Å². The van der Waals surface area contributed by atoms with Crippen LogP contribution in [0, 0.1) is 5.92 Å². The van der Waals surface area contributed by atoms with Crippen molar-refractivity contribution in [2.45, 2.75) is 18.9 Å². The molecule has 1 heterocycles. The van der Waals surface area contributed by atoms with Gasteiger partial charge in [0, 0.05) is 25.1 Å². The molecule has 2 rings (SSSR count). The van der Waals surface area contributed by atoms with E-state index in [2.05, 4.69) is 5.32 Å². The van der Waals surface area contributed by atoms with Gasteiger partial charge in [0.05, 0.1) is 12.7 Å². The van der Waals surface area contributed by atoms with Crippen LogP contribution >= 0.6 is 0 Å². The second-order valence-corrected chi connectivity index (χ2v) is 4.93. The first-order valence-corrected chi connectivity index (χ1v) is 6.92. The molecule has 0 aliphatic carbocycles. The highest BCUT2D eigenvalue weighted by Crippen LogP contribution is 2.32. The molecule has 0 radical (unpaired) electrons. The van der Waals surface area contributed by atoms with Crippen LogP contribution in [0.5, 0.6) is 5.75 Å². The van der Waals surface area contributed by atoms with Crippen LogP contribution in [0.1, 0.15) is 24.5 Å². The van der Waals surface area contributed by atoms with E-state index in [1.807, 2.05) is 24.3 Å². The standard InChI is InChI=1S/C15H23NO3/c1-18-9-10-19-14-7-3-2-6-13(14)15(17)12-5-4-8-16-11-12/h2-3,6-7,12,15-17H,4-5,8-11H2,1H3. The molecule has 4 heteroatoms. The van der Waals surface area contributed by atoms with E-state index in [1.165, 1.54) is 0 Å². The van der Waals surface area contributed by atoms with Gasteiger partial charge in [0.15, 0.2) is 0 Å². The van der Waals surface area contributed by atoms with Crippen molar-refractivity contribution in [3.63, 3.8) is 0 Å². The summed E-state index contributed by atoms with van der Waals surface area (Å²) in [6, 6.07) is 7.72. The van der Waals surface area contributed by atoms with Crippen molar-refractivity contribution in [1.82, 2.24) is 5.32 Å². The fraction of sp³-hybridized carbons (Fsp3) is 0.600. The van der Waals surface area contributed by atoms with Gasteiger partial charge in [0.2, 0.25) is 0 Å². The zero-order valence-electron chi connectivity index (χ0n) is 11.5. The van der Waals surface area contributed by atoms with Crippen LogP contribution in [0.2, 0.25) is 0 Å². The lowest BCUT2D eigenvalue weighted by Gasteiger charge is -2.28. The smallest absolute Gasteiger partial charge is 0.125 e. The molecule has 0 saturated carbocycles. The van der Waals surface area contributed by atoms with Gasteiger partial charge in [-0.2, -0.15) is 0 Å². The Morgan fingerprint density at radius 1 is 1.37 bits per heavy atom. The summed E-state index contributed by atoms with van der Waals surface area (Å²) in [6.45, 7) is 2.97. The summed E-state index contributed by atoms with van der Waals surface area (Å²) in [5.41, 5.74) is 0.882. The number of methoxy groups -OCH3 is 1. The second kappa shape index (κ2) is 7.48. The molecule has 0 spiro atoms. The maximum Gasteiger partial charge on any atom is 0.125 e. The Labute approximate surface area is 114 Å². The average molecular weight is 265 g/mol. The third-order valence-electron chi connectivity index (χ3n) is 3.56. The monoisotopic (exact) mass is 265 g/mol. The van der Waals surface area contributed by atoms with E-state index in [1.54, 1.807) is 7.11 Å². The Hall–Kier alpha value is -1.10. The highest BCUT2D eigenvalue weighted by Gasteiger charge is 2.25. The molecular weight excluding hydrogens is 242 g/mol. The van der Waals surface area contributed by atoms with E-state index in [-0.39, 0.29) is 5.92 Å². The fourth-order valence-electron chi connectivity index (χ4n) is 2.49. The zero-order chi connectivity index (χ0) is 13.5. The number of hydrogen-bond acceptors (Lipinski definition) is 4. The third-order valence-corrected chi connectivity index (χ3v) is 3.56. The van der Waals surface area contributed by atoms with Gasteiger partial charge in [-0.15, -0.1) is 0 Å². The van der Waals surface area contributed by atoms with Gasteiger partial charge < -0.3 is 19.9 Å². The number of aliphatic hydroxyl groups is 1. The summed E-state index contributed by atoms with van der Waals surface area (Å²) in [5.74, 6) is 1.03. The van der Waals surface area contributed by atoms with Gasteiger partial charge in [-0.1, -0.05) is 18.2 Å². The van der Waals surface area contributed by atoms with Crippen molar-refractivity contribution >= 4 is 0 Å². The van der Waals surface area contributed by atoms with Crippen LogP contribution in [0.15, 0.2) is 24.3 Å². The molecule has 2 atom stereocenters. The molecule has 19 heavy (non-hydrogen) atoms.